The number of hydrogen-bond acceptors (Lipinski definition) is 4. The third-order valence-corrected chi connectivity index (χ3v) is 5.54. The number of hydrogen-bond donors (Lipinski definition) is 2. The normalized spacial score (nSPS) is 10.9. The van der Waals surface area contributed by atoms with Crippen LogP contribution < -0.4 is 5.73 Å². The molecule has 34 heavy (non-hydrogen) atoms. The zero-order valence-electron chi connectivity index (χ0n) is 18.6. The third-order valence-electron chi connectivity index (χ3n) is 5.54. The van der Waals surface area contributed by atoms with Crippen LogP contribution in [-0.4, -0.2) is 11.5 Å². The molecular weight excluding hydrogens is 418 g/mol. The Kier molecular flexibility index (Phi) is 6.30. The summed E-state index contributed by atoms with van der Waals surface area (Å²) in [7, 11) is 0. The summed E-state index contributed by atoms with van der Waals surface area (Å²) in [6.07, 6.45) is 0. The van der Waals surface area contributed by atoms with Gasteiger partial charge in [0.05, 0.1) is 23.3 Å². The van der Waals surface area contributed by atoms with Gasteiger partial charge in [-0.2, -0.15) is 10.5 Å². The average Bonchev–Trinajstić information content (AvgIpc) is 2.88. The van der Waals surface area contributed by atoms with Crippen molar-refractivity contribution >= 4 is 17.2 Å². The van der Waals surface area contributed by atoms with E-state index in [9.17, 15) is 0 Å². The highest BCUT2D eigenvalue weighted by atomic mass is 14.8. The Morgan fingerprint density at radius 1 is 0.735 bits per heavy atom. The second-order valence-electron chi connectivity index (χ2n) is 7.81. The van der Waals surface area contributed by atoms with E-state index in [2.05, 4.69) is 17.1 Å². The number of nitrogens with one attached hydrogen (secondary N) is 1. The minimum absolute atomic E-state index is 0.0816. The van der Waals surface area contributed by atoms with E-state index in [0.29, 0.717) is 28.1 Å². The fourth-order valence-electron chi connectivity index (χ4n) is 3.69. The molecule has 162 valence electrons. The van der Waals surface area contributed by atoms with Gasteiger partial charge in [-0.3, -0.25) is 5.41 Å². The molecular formula is C29H21N5. The Morgan fingerprint density at radius 2 is 1.26 bits per heavy atom. The van der Waals surface area contributed by atoms with Gasteiger partial charge in [-0.05, 0) is 71.1 Å². The molecule has 0 atom stereocenters. The van der Waals surface area contributed by atoms with Crippen LogP contribution in [0.25, 0.3) is 22.3 Å². The molecule has 4 rings (SSSR count). The topological polar surface area (TPSA) is 110 Å². The molecule has 0 amide bonds. The molecule has 5 heteroatoms. The van der Waals surface area contributed by atoms with Gasteiger partial charge in [-0.25, -0.2) is 4.99 Å². The van der Waals surface area contributed by atoms with E-state index < -0.39 is 0 Å². The molecule has 3 N–H and O–H groups in total. The summed E-state index contributed by atoms with van der Waals surface area (Å²) < 4.78 is 0. The van der Waals surface area contributed by atoms with Gasteiger partial charge in [0, 0.05) is 17.0 Å². The lowest BCUT2D eigenvalue weighted by Crippen LogP contribution is -2.05. The summed E-state index contributed by atoms with van der Waals surface area (Å²) in [5.74, 6) is 0.0816. The zero-order chi connectivity index (χ0) is 24.1. The Balaban J connectivity index is 1.55. The van der Waals surface area contributed by atoms with Crippen LogP contribution in [0.1, 0.15) is 29.2 Å². The molecule has 5 nitrogen and oxygen atoms in total. The Bertz CT molecular complexity index is 1500. The standard InChI is InChI=1S/C29H21N5/c1-19(22-8-10-23(11-9-22)24-6-2-4-20(14-24)17-30)34-29(33)27-13-12-26(16-28(27)32)25-7-3-5-21(15-25)18-31/h2-16,33H,32H2,1H3. The van der Waals surface area contributed by atoms with Crippen molar-refractivity contribution in [3.8, 4) is 34.4 Å². The molecule has 0 aliphatic heterocycles. The number of nitrogen functional groups attached to an aromatic ring is 1. The highest BCUT2D eigenvalue weighted by Gasteiger charge is 2.09. The molecule has 4 aromatic carbocycles. The van der Waals surface area contributed by atoms with Gasteiger partial charge in [0.1, 0.15) is 0 Å². The van der Waals surface area contributed by atoms with Crippen LogP contribution in [-0.2, 0) is 0 Å². The lowest BCUT2D eigenvalue weighted by Gasteiger charge is -2.09. The number of benzene rings is 4. The van der Waals surface area contributed by atoms with Crippen molar-refractivity contribution in [1.29, 1.82) is 15.9 Å². The number of rotatable bonds is 4. The fourth-order valence-corrected chi connectivity index (χ4v) is 3.69. The van der Waals surface area contributed by atoms with Crippen LogP contribution in [0.3, 0.4) is 0 Å². The predicted octanol–water partition coefficient (Wildman–Crippen LogP) is 6.18. The van der Waals surface area contributed by atoms with E-state index in [4.69, 9.17) is 21.7 Å². The zero-order valence-corrected chi connectivity index (χ0v) is 18.6. The molecule has 0 fully saturated rings. The van der Waals surface area contributed by atoms with E-state index in [-0.39, 0.29) is 5.84 Å². The maximum absolute atomic E-state index is 9.12. The molecule has 0 aliphatic carbocycles. The summed E-state index contributed by atoms with van der Waals surface area (Å²) in [4.78, 5) is 4.47. The number of amidine groups is 1. The van der Waals surface area contributed by atoms with Crippen molar-refractivity contribution in [2.75, 3.05) is 5.73 Å². The highest BCUT2D eigenvalue weighted by molar-refractivity contribution is 6.12. The van der Waals surface area contributed by atoms with Crippen molar-refractivity contribution in [1.82, 2.24) is 0 Å². The molecule has 0 aliphatic rings. The van der Waals surface area contributed by atoms with Crippen molar-refractivity contribution in [2.45, 2.75) is 6.92 Å². The maximum Gasteiger partial charge on any atom is 0.154 e. The minimum atomic E-state index is 0.0816. The number of anilines is 1. The number of nitriles is 2. The van der Waals surface area contributed by atoms with Crippen LogP contribution in [0.4, 0.5) is 5.69 Å². The number of nitrogens with zero attached hydrogens (tertiary/aromatic N) is 3. The number of aliphatic imine (C=N–C) groups is 1. The predicted molar refractivity (Wildman–Crippen MR) is 137 cm³/mol. The van der Waals surface area contributed by atoms with Gasteiger partial charge < -0.3 is 5.73 Å². The summed E-state index contributed by atoms with van der Waals surface area (Å²) in [5.41, 5.74) is 13.8. The SMILES string of the molecule is CC(=NC(=N)c1ccc(-c2cccc(C#N)c2)cc1N)c1ccc(-c2cccc(C#N)c2)cc1. The molecule has 0 spiro atoms. The second kappa shape index (κ2) is 9.65. The van der Waals surface area contributed by atoms with Crippen LogP contribution in [0.15, 0.2) is 96.0 Å². The largest absolute Gasteiger partial charge is 0.398 e. The van der Waals surface area contributed by atoms with Gasteiger partial charge in [-0.15, -0.1) is 0 Å². The highest BCUT2D eigenvalue weighted by Crippen LogP contribution is 2.26. The first-order valence-electron chi connectivity index (χ1n) is 10.6. The molecule has 0 aromatic heterocycles. The average molecular weight is 440 g/mol. The smallest absolute Gasteiger partial charge is 0.154 e. The molecule has 0 radical (unpaired) electrons. The maximum atomic E-state index is 9.12. The van der Waals surface area contributed by atoms with E-state index >= 15 is 0 Å². The van der Waals surface area contributed by atoms with Gasteiger partial charge in [0.25, 0.3) is 0 Å². The van der Waals surface area contributed by atoms with Crippen molar-refractivity contribution in [3.63, 3.8) is 0 Å². The third kappa shape index (κ3) is 4.75. The van der Waals surface area contributed by atoms with E-state index in [1.54, 1.807) is 24.3 Å². The van der Waals surface area contributed by atoms with Crippen molar-refractivity contribution < 1.29 is 0 Å². The first kappa shape index (κ1) is 22.2. The quantitative estimate of drug-likeness (QED) is 0.225. The van der Waals surface area contributed by atoms with Crippen molar-refractivity contribution in [2.24, 2.45) is 4.99 Å². The van der Waals surface area contributed by atoms with E-state index in [1.165, 1.54) is 0 Å². The molecule has 0 saturated carbocycles. The van der Waals surface area contributed by atoms with Crippen LogP contribution in [0.2, 0.25) is 0 Å². The summed E-state index contributed by atoms with van der Waals surface area (Å²) in [6, 6.07) is 32.4. The minimum Gasteiger partial charge on any atom is -0.398 e. The molecule has 0 bridgehead atoms. The molecule has 0 unspecified atom stereocenters. The molecule has 4 aromatic rings. The Morgan fingerprint density at radius 3 is 1.82 bits per heavy atom. The van der Waals surface area contributed by atoms with Gasteiger partial charge >= 0.3 is 0 Å². The lowest BCUT2D eigenvalue weighted by molar-refractivity contribution is 1.40. The summed E-state index contributed by atoms with van der Waals surface area (Å²) in [6.45, 7) is 1.86. The van der Waals surface area contributed by atoms with E-state index in [0.717, 1.165) is 27.8 Å². The van der Waals surface area contributed by atoms with Crippen LogP contribution in [0, 0.1) is 28.1 Å². The lowest BCUT2D eigenvalue weighted by atomic mass is 10.00. The van der Waals surface area contributed by atoms with Gasteiger partial charge in [0.2, 0.25) is 0 Å². The fraction of sp³-hybridized carbons (Fsp3) is 0.0345. The number of nitrogens with two attached hydrogens (primary N) is 1. The second-order valence-corrected chi connectivity index (χ2v) is 7.81. The van der Waals surface area contributed by atoms with Crippen molar-refractivity contribution in [3.05, 3.63) is 113 Å². The first-order chi connectivity index (χ1) is 16.5. The summed E-state index contributed by atoms with van der Waals surface area (Å²) in [5, 5.41) is 26.7. The van der Waals surface area contributed by atoms with Gasteiger partial charge in [0.15, 0.2) is 5.84 Å². The van der Waals surface area contributed by atoms with Crippen LogP contribution in [0.5, 0.6) is 0 Å². The van der Waals surface area contributed by atoms with Crippen LogP contribution >= 0.6 is 0 Å². The van der Waals surface area contributed by atoms with Gasteiger partial charge in [-0.1, -0.05) is 54.6 Å². The first-order valence-corrected chi connectivity index (χ1v) is 10.6. The summed E-state index contributed by atoms with van der Waals surface area (Å²) >= 11 is 0. The Labute approximate surface area is 198 Å². The Hall–Kier alpha value is -5.00. The molecule has 0 saturated heterocycles. The van der Waals surface area contributed by atoms with E-state index in [1.807, 2.05) is 73.7 Å². The molecule has 0 heterocycles. The monoisotopic (exact) mass is 439 g/mol.